The minimum absolute atomic E-state index is 0.0378. The van der Waals surface area contributed by atoms with Crippen LogP contribution in [0.2, 0.25) is 0 Å². The largest absolute Gasteiger partial charge is 0.336 e. The van der Waals surface area contributed by atoms with Gasteiger partial charge in [0.25, 0.3) is 5.91 Å². The van der Waals surface area contributed by atoms with E-state index in [1.54, 1.807) is 35.2 Å². The minimum atomic E-state index is -3.68. The van der Waals surface area contributed by atoms with Gasteiger partial charge in [0.05, 0.1) is 10.6 Å². The van der Waals surface area contributed by atoms with Crippen LogP contribution in [0.15, 0.2) is 59.5 Å². The molecule has 1 fully saturated rings. The first kappa shape index (κ1) is 23.4. The van der Waals surface area contributed by atoms with Gasteiger partial charge in [-0.2, -0.15) is 4.31 Å². The molecule has 1 amide bonds. The lowest BCUT2D eigenvalue weighted by molar-refractivity contribution is 0.0697. The van der Waals surface area contributed by atoms with Gasteiger partial charge < -0.3 is 4.90 Å². The Morgan fingerprint density at radius 3 is 2.26 bits per heavy atom. The molecule has 3 rings (SSSR count). The van der Waals surface area contributed by atoms with E-state index in [4.69, 9.17) is 0 Å². The minimum Gasteiger partial charge on any atom is -0.336 e. The normalized spacial score (nSPS) is 15.7. The fourth-order valence-corrected chi connectivity index (χ4v) is 6.04. The molecule has 0 aliphatic carbocycles. The Morgan fingerprint density at radius 2 is 1.61 bits per heavy atom. The molecule has 1 aliphatic heterocycles. The number of carbonyl (C=O) groups excluding carboxylic acids is 1. The van der Waals surface area contributed by atoms with Gasteiger partial charge in [-0.3, -0.25) is 4.79 Å². The number of nitrogens with zero attached hydrogens (tertiary/aromatic N) is 2. The third-order valence-electron chi connectivity index (χ3n) is 5.04. The van der Waals surface area contributed by atoms with Crippen LogP contribution in [0.25, 0.3) is 0 Å². The van der Waals surface area contributed by atoms with Crippen LogP contribution in [0.1, 0.15) is 29.3 Å². The molecule has 1 aliphatic rings. The molecule has 2 aromatic rings. The van der Waals surface area contributed by atoms with Gasteiger partial charge >= 0.3 is 0 Å². The summed E-state index contributed by atoms with van der Waals surface area (Å²) in [6, 6.07) is 14.9. The molecule has 0 radical (unpaired) electrons. The number of nitrogens with one attached hydrogen (secondary N) is 1. The fourth-order valence-electron chi connectivity index (χ4n) is 3.34. The highest BCUT2D eigenvalue weighted by molar-refractivity contribution is 7.89. The van der Waals surface area contributed by atoms with Gasteiger partial charge in [-0.05, 0) is 30.2 Å². The second kappa shape index (κ2) is 9.90. The smallest absolute Gasteiger partial charge is 0.253 e. The monoisotopic (exact) mass is 465 g/mol. The maximum atomic E-state index is 12.9. The van der Waals surface area contributed by atoms with Crippen molar-refractivity contribution in [1.82, 2.24) is 13.9 Å². The number of hydrogen-bond acceptors (Lipinski definition) is 5. The van der Waals surface area contributed by atoms with E-state index in [1.807, 2.05) is 13.0 Å². The van der Waals surface area contributed by atoms with Gasteiger partial charge in [-0.1, -0.05) is 43.3 Å². The molecule has 168 valence electrons. The van der Waals surface area contributed by atoms with E-state index in [2.05, 4.69) is 4.72 Å². The quantitative estimate of drug-likeness (QED) is 0.639. The number of sulfonamides is 2. The standard InChI is InChI=1S/C21H27N3O5S2/c1-2-11-22-31(28,29)20-10-6-9-19(16-20)21(25)23-12-14-24(15-13-23)30(26,27)17-18-7-4-3-5-8-18/h3-10,16,22H,2,11-15,17H2,1H3. The van der Waals surface area contributed by atoms with E-state index in [1.165, 1.54) is 22.5 Å². The number of piperazine rings is 1. The van der Waals surface area contributed by atoms with Crippen LogP contribution in [0, 0.1) is 0 Å². The first-order chi connectivity index (χ1) is 14.7. The van der Waals surface area contributed by atoms with Crippen LogP contribution < -0.4 is 4.72 Å². The molecule has 0 spiro atoms. The maximum absolute atomic E-state index is 12.9. The average molecular weight is 466 g/mol. The van der Waals surface area contributed by atoms with E-state index in [9.17, 15) is 21.6 Å². The van der Waals surface area contributed by atoms with Crippen molar-refractivity contribution in [2.75, 3.05) is 32.7 Å². The molecule has 1 heterocycles. The number of carbonyl (C=O) groups is 1. The van der Waals surface area contributed by atoms with Crippen LogP contribution in [0.4, 0.5) is 0 Å². The molecule has 8 nitrogen and oxygen atoms in total. The summed E-state index contributed by atoms with van der Waals surface area (Å²) in [6.07, 6.45) is 0.662. The summed E-state index contributed by atoms with van der Waals surface area (Å²) in [7, 11) is -7.15. The van der Waals surface area contributed by atoms with Crippen molar-refractivity contribution in [2.24, 2.45) is 0 Å². The van der Waals surface area contributed by atoms with Crippen molar-refractivity contribution in [3.05, 3.63) is 65.7 Å². The van der Waals surface area contributed by atoms with E-state index in [-0.39, 0.29) is 48.3 Å². The molecular formula is C21H27N3O5S2. The average Bonchev–Trinajstić information content (AvgIpc) is 2.78. The summed E-state index contributed by atoms with van der Waals surface area (Å²) >= 11 is 0. The highest BCUT2D eigenvalue weighted by atomic mass is 32.2. The molecule has 10 heteroatoms. The van der Waals surface area contributed by atoms with Gasteiger partial charge in [0, 0.05) is 38.3 Å². The molecule has 0 saturated carbocycles. The Bertz CT molecular complexity index is 1110. The van der Waals surface area contributed by atoms with Crippen molar-refractivity contribution in [3.8, 4) is 0 Å². The number of amides is 1. The Hall–Kier alpha value is -2.27. The number of hydrogen-bond donors (Lipinski definition) is 1. The van der Waals surface area contributed by atoms with Gasteiger partial charge in [0.2, 0.25) is 20.0 Å². The van der Waals surface area contributed by atoms with Gasteiger partial charge in [-0.25, -0.2) is 21.6 Å². The molecule has 2 aromatic carbocycles. The van der Waals surface area contributed by atoms with Crippen molar-refractivity contribution in [2.45, 2.75) is 24.0 Å². The highest BCUT2D eigenvalue weighted by Gasteiger charge is 2.29. The van der Waals surface area contributed by atoms with Crippen LogP contribution in [0.3, 0.4) is 0 Å². The van der Waals surface area contributed by atoms with Crippen LogP contribution in [-0.4, -0.2) is 64.7 Å². The lowest BCUT2D eigenvalue weighted by Gasteiger charge is -2.34. The Kier molecular flexibility index (Phi) is 7.47. The topological polar surface area (TPSA) is 104 Å². The van der Waals surface area contributed by atoms with Crippen LogP contribution >= 0.6 is 0 Å². The second-order valence-corrected chi connectivity index (χ2v) is 11.1. The highest BCUT2D eigenvalue weighted by Crippen LogP contribution is 2.17. The van der Waals surface area contributed by atoms with E-state index < -0.39 is 20.0 Å². The summed E-state index contributed by atoms with van der Waals surface area (Å²) < 4.78 is 53.9. The van der Waals surface area contributed by atoms with Crippen molar-refractivity contribution >= 4 is 26.0 Å². The van der Waals surface area contributed by atoms with E-state index in [0.29, 0.717) is 13.0 Å². The van der Waals surface area contributed by atoms with E-state index in [0.717, 1.165) is 5.56 Å². The van der Waals surface area contributed by atoms with Crippen molar-refractivity contribution in [3.63, 3.8) is 0 Å². The molecule has 1 saturated heterocycles. The Morgan fingerprint density at radius 1 is 0.935 bits per heavy atom. The van der Waals surface area contributed by atoms with Crippen LogP contribution in [0.5, 0.6) is 0 Å². The lowest BCUT2D eigenvalue weighted by atomic mass is 10.2. The molecule has 0 unspecified atom stereocenters. The fraction of sp³-hybridized carbons (Fsp3) is 0.381. The SMILES string of the molecule is CCCNS(=O)(=O)c1cccc(C(=O)N2CCN(S(=O)(=O)Cc3ccccc3)CC2)c1. The second-order valence-electron chi connectivity index (χ2n) is 7.36. The molecule has 31 heavy (non-hydrogen) atoms. The summed E-state index contributed by atoms with van der Waals surface area (Å²) in [6.45, 7) is 3.09. The van der Waals surface area contributed by atoms with Crippen molar-refractivity contribution < 1.29 is 21.6 Å². The van der Waals surface area contributed by atoms with E-state index >= 15 is 0 Å². The summed E-state index contributed by atoms with van der Waals surface area (Å²) in [5.41, 5.74) is 0.982. The predicted octanol–water partition coefficient (Wildman–Crippen LogP) is 1.66. The first-order valence-corrected chi connectivity index (χ1v) is 13.2. The zero-order chi connectivity index (χ0) is 22.5. The summed E-state index contributed by atoms with van der Waals surface area (Å²) in [4.78, 5) is 14.5. The summed E-state index contributed by atoms with van der Waals surface area (Å²) in [5, 5.41) is 0. The zero-order valence-electron chi connectivity index (χ0n) is 17.4. The molecule has 0 bridgehead atoms. The third kappa shape index (κ3) is 5.91. The molecule has 0 atom stereocenters. The van der Waals surface area contributed by atoms with Crippen molar-refractivity contribution in [1.29, 1.82) is 0 Å². The first-order valence-electron chi connectivity index (χ1n) is 10.1. The lowest BCUT2D eigenvalue weighted by Crippen LogP contribution is -2.50. The van der Waals surface area contributed by atoms with Gasteiger partial charge in [0.15, 0.2) is 0 Å². The third-order valence-corrected chi connectivity index (χ3v) is 8.35. The van der Waals surface area contributed by atoms with Crippen LogP contribution in [-0.2, 0) is 25.8 Å². The predicted molar refractivity (Wildman–Crippen MR) is 118 cm³/mol. The maximum Gasteiger partial charge on any atom is 0.253 e. The Balaban J connectivity index is 1.65. The number of benzene rings is 2. The van der Waals surface area contributed by atoms with Gasteiger partial charge in [0.1, 0.15) is 0 Å². The molecule has 1 N–H and O–H groups in total. The Labute approximate surface area is 184 Å². The molecule has 0 aromatic heterocycles. The summed E-state index contributed by atoms with van der Waals surface area (Å²) in [5.74, 6) is -0.389. The number of rotatable bonds is 8. The van der Waals surface area contributed by atoms with Gasteiger partial charge in [-0.15, -0.1) is 0 Å². The molecular weight excluding hydrogens is 438 g/mol. The zero-order valence-corrected chi connectivity index (χ0v) is 19.0.